The minimum Gasteiger partial charge on any atom is -0.342 e. The smallest absolute Gasteiger partial charge is 0.224 e. The minimum absolute atomic E-state index is 0.0415. The summed E-state index contributed by atoms with van der Waals surface area (Å²) >= 11 is 0. The molecular formula is C16H18FN3O. The SMILES string of the molecule is C[C@@H]1C[C@H]1C(=O)N[C@@H](c1ccc(F)cc1)c1nccn1C. The molecule has 0 saturated heterocycles. The van der Waals surface area contributed by atoms with Gasteiger partial charge in [-0.05, 0) is 30.0 Å². The molecule has 1 N–H and O–H groups in total. The number of amides is 1. The number of imidazole rings is 1. The molecule has 21 heavy (non-hydrogen) atoms. The van der Waals surface area contributed by atoms with Crippen LogP contribution >= 0.6 is 0 Å². The molecule has 0 unspecified atom stereocenters. The molecule has 1 amide bonds. The van der Waals surface area contributed by atoms with E-state index in [0.29, 0.717) is 5.92 Å². The summed E-state index contributed by atoms with van der Waals surface area (Å²) in [6.45, 7) is 2.07. The van der Waals surface area contributed by atoms with Gasteiger partial charge in [-0.1, -0.05) is 19.1 Å². The van der Waals surface area contributed by atoms with Gasteiger partial charge in [0, 0.05) is 25.4 Å². The molecule has 1 fully saturated rings. The van der Waals surface area contributed by atoms with Gasteiger partial charge < -0.3 is 9.88 Å². The van der Waals surface area contributed by atoms with Gasteiger partial charge in [-0.2, -0.15) is 0 Å². The van der Waals surface area contributed by atoms with Crippen LogP contribution in [0.3, 0.4) is 0 Å². The van der Waals surface area contributed by atoms with Gasteiger partial charge in [0.2, 0.25) is 5.91 Å². The quantitative estimate of drug-likeness (QED) is 0.938. The molecule has 4 nitrogen and oxygen atoms in total. The fraction of sp³-hybridized carbons (Fsp3) is 0.375. The summed E-state index contributed by atoms with van der Waals surface area (Å²) in [6, 6.07) is 5.82. The fourth-order valence-electron chi connectivity index (χ4n) is 2.54. The lowest BCUT2D eigenvalue weighted by Gasteiger charge is -2.19. The van der Waals surface area contributed by atoms with E-state index in [4.69, 9.17) is 0 Å². The molecule has 5 heteroatoms. The van der Waals surface area contributed by atoms with Crippen LogP contribution < -0.4 is 5.32 Å². The zero-order valence-electron chi connectivity index (χ0n) is 12.1. The van der Waals surface area contributed by atoms with Crippen LogP contribution in [0.5, 0.6) is 0 Å². The number of aryl methyl sites for hydroxylation is 1. The number of hydrogen-bond acceptors (Lipinski definition) is 2. The second kappa shape index (κ2) is 5.31. The molecule has 1 heterocycles. The number of nitrogens with zero attached hydrogens (tertiary/aromatic N) is 2. The Morgan fingerprint density at radius 2 is 2.10 bits per heavy atom. The lowest BCUT2D eigenvalue weighted by molar-refractivity contribution is -0.123. The van der Waals surface area contributed by atoms with Crippen molar-refractivity contribution in [1.29, 1.82) is 0 Å². The van der Waals surface area contributed by atoms with Gasteiger partial charge in [0.1, 0.15) is 17.7 Å². The Balaban J connectivity index is 1.89. The number of nitrogens with one attached hydrogen (secondary N) is 1. The lowest BCUT2D eigenvalue weighted by atomic mass is 10.1. The number of halogens is 1. The molecule has 0 aliphatic heterocycles. The van der Waals surface area contributed by atoms with Crippen molar-refractivity contribution in [2.75, 3.05) is 0 Å². The molecule has 1 aromatic carbocycles. The van der Waals surface area contributed by atoms with Crippen LogP contribution in [0.15, 0.2) is 36.7 Å². The zero-order chi connectivity index (χ0) is 15.0. The third kappa shape index (κ3) is 2.82. The van der Waals surface area contributed by atoms with Crippen LogP contribution in [0.2, 0.25) is 0 Å². The monoisotopic (exact) mass is 287 g/mol. The normalized spacial score (nSPS) is 21.9. The van der Waals surface area contributed by atoms with E-state index in [2.05, 4.69) is 17.2 Å². The predicted molar refractivity (Wildman–Crippen MR) is 76.9 cm³/mol. The highest BCUT2D eigenvalue weighted by molar-refractivity contribution is 5.82. The first-order valence-electron chi connectivity index (χ1n) is 7.09. The van der Waals surface area contributed by atoms with Gasteiger partial charge in [-0.3, -0.25) is 4.79 Å². The maximum absolute atomic E-state index is 13.1. The van der Waals surface area contributed by atoms with Crippen LogP contribution in [0.4, 0.5) is 4.39 Å². The molecule has 1 saturated carbocycles. The highest BCUT2D eigenvalue weighted by Crippen LogP contribution is 2.38. The largest absolute Gasteiger partial charge is 0.342 e. The van der Waals surface area contributed by atoms with Crippen LogP contribution in [0, 0.1) is 17.7 Å². The summed E-state index contributed by atoms with van der Waals surface area (Å²) in [7, 11) is 1.88. The Morgan fingerprint density at radius 1 is 1.43 bits per heavy atom. The Labute approximate surface area is 123 Å². The van der Waals surface area contributed by atoms with Crippen LogP contribution in [-0.4, -0.2) is 15.5 Å². The topological polar surface area (TPSA) is 46.9 Å². The summed E-state index contributed by atoms with van der Waals surface area (Å²) in [5.74, 6) is 1.02. The van der Waals surface area contributed by atoms with Gasteiger partial charge >= 0.3 is 0 Å². The highest BCUT2D eigenvalue weighted by atomic mass is 19.1. The van der Waals surface area contributed by atoms with E-state index in [1.165, 1.54) is 12.1 Å². The van der Waals surface area contributed by atoms with Crippen LogP contribution in [-0.2, 0) is 11.8 Å². The Morgan fingerprint density at radius 3 is 2.62 bits per heavy atom. The average Bonchev–Trinajstić information content (AvgIpc) is 3.05. The summed E-state index contributed by atoms with van der Waals surface area (Å²) in [6.07, 6.45) is 4.46. The molecule has 1 aliphatic rings. The van der Waals surface area contributed by atoms with Crippen LogP contribution in [0.25, 0.3) is 0 Å². The van der Waals surface area contributed by atoms with Crippen molar-refractivity contribution in [2.45, 2.75) is 19.4 Å². The van der Waals surface area contributed by atoms with Crippen molar-refractivity contribution in [3.8, 4) is 0 Å². The van der Waals surface area contributed by atoms with Crippen molar-refractivity contribution in [3.63, 3.8) is 0 Å². The maximum Gasteiger partial charge on any atom is 0.224 e. The van der Waals surface area contributed by atoms with Crippen LogP contribution in [0.1, 0.15) is 30.8 Å². The summed E-state index contributed by atoms with van der Waals surface area (Å²) < 4.78 is 15.0. The van der Waals surface area contributed by atoms with E-state index < -0.39 is 0 Å². The summed E-state index contributed by atoms with van der Waals surface area (Å²) in [4.78, 5) is 16.6. The molecular weight excluding hydrogens is 269 g/mol. The molecule has 1 aromatic heterocycles. The maximum atomic E-state index is 13.1. The molecule has 0 bridgehead atoms. The first-order chi connectivity index (χ1) is 10.1. The van der Waals surface area contributed by atoms with Crippen molar-refractivity contribution >= 4 is 5.91 Å². The zero-order valence-corrected chi connectivity index (χ0v) is 12.1. The molecule has 0 radical (unpaired) electrons. The highest BCUT2D eigenvalue weighted by Gasteiger charge is 2.40. The van der Waals surface area contributed by atoms with Gasteiger partial charge in [0.15, 0.2) is 0 Å². The Bertz CT molecular complexity index is 650. The van der Waals surface area contributed by atoms with Crippen molar-refractivity contribution in [3.05, 3.63) is 53.9 Å². The molecule has 0 spiro atoms. The third-order valence-corrected chi connectivity index (χ3v) is 4.05. The van der Waals surface area contributed by atoms with E-state index in [-0.39, 0.29) is 23.7 Å². The molecule has 2 aromatic rings. The van der Waals surface area contributed by atoms with E-state index in [1.54, 1.807) is 18.3 Å². The van der Waals surface area contributed by atoms with E-state index >= 15 is 0 Å². The Kier molecular flexibility index (Phi) is 3.49. The average molecular weight is 287 g/mol. The second-order valence-corrected chi connectivity index (χ2v) is 5.71. The number of carbonyl (C=O) groups is 1. The van der Waals surface area contributed by atoms with E-state index in [0.717, 1.165) is 17.8 Å². The molecule has 3 atom stereocenters. The fourth-order valence-corrected chi connectivity index (χ4v) is 2.54. The molecule has 110 valence electrons. The van der Waals surface area contributed by atoms with Crippen molar-refractivity contribution in [2.24, 2.45) is 18.9 Å². The lowest BCUT2D eigenvalue weighted by Crippen LogP contribution is -2.32. The predicted octanol–water partition coefficient (Wildman–Crippen LogP) is 2.42. The van der Waals surface area contributed by atoms with Gasteiger partial charge in [0.05, 0.1) is 0 Å². The summed E-state index contributed by atoms with van der Waals surface area (Å²) in [5, 5.41) is 3.04. The standard InChI is InChI=1S/C16H18FN3O/c1-10-9-13(10)16(21)19-14(15-18-7-8-20(15)2)11-3-5-12(17)6-4-11/h3-8,10,13-14H,9H2,1-2H3,(H,19,21)/t10-,13-,14+/m1/s1. The number of hydrogen-bond donors (Lipinski definition) is 1. The molecule has 1 aliphatic carbocycles. The van der Waals surface area contributed by atoms with E-state index in [9.17, 15) is 9.18 Å². The van der Waals surface area contributed by atoms with E-state index in [1.807, 2.05) is 17.8 Å². The van der Waals surface area contributed by atoms with Gasteiger partial charge in [-0.25, -0.2) is 9.37 Å². The van der Waals surface area contributed by atoms with Gasteiger partial charge in [0.25, 0.3) is 0 Å². The number of aromatic nitrogens is 2. The van der Waals surface area contributed by atoms with Crippen molar-refractivity contribution < 1.29 is 9.18 Å². The molecule has 3 rings (SSSR count). The number of rotatable bonds is 4. The summed E-state index contributed by atoms with van der Waals surface area (Å²) in [5.41, 5.74) is 0.826. The first-order valence-corrected chi connectivity index (χ1v) is 7.09. The second-order valence-electron chi connectivity index (χ2n) is 5.71. The Hall–Kier alpha value is -2.17. The number of benzene rings is 1. The van der Waals surface area contributed by atoms with Crippen molar-refractivity contribution in [1.82, 2.24) is 14.9 Å². The first kappa shape index (κ1) is 13.8. The minimum atomic E-state index is -0.356. The third-order valence-electron chi connectivity index (χ3n) is 4.05. The number of carbonyl (C=O) groups excluding carboxylic acids is 1. The van der Waals surface area contributed by atoms with Gasteiger partial charge in [-0.15, -0.1) is 0 Å².